The van der Waals surface area contributed by atoms with Crippen LogP contribution in [0.3, 0.4) is 0 Å². The number of hydrogen-bond acceptors (Lipinski definition) is 3. The van der Waals surface area contributed by atoms with Gasteiger partial charge < -0.3 is 10.1 Å². The summed E-state index contributed by atoms with van der Waals surface area (Å²) < 4.78 is 5.52. The van der Waals surface area contributed by atoms with E-state index >= 15 is 0 Å². The third-order valence-electron chi connectivity index (χ3n) is 2.89. The molecule has 1 N–H and O–H groups in total. The van der Waals surface area contributed by atoms with Gasteiger partial charge in [0.05, 0.1) is 16.3 Å². The van der Waals surface area contributed by atoms with Crippen LogP contribution in [0.2, 0.25) is 10.0 Å². The van der Waals surface area contributed by atoms with Crippen LogP contribution in [0.1, 0.15) is 12.5 Å². The summed E-state index contributed by atoms with van der Waals surface area (Å²) in [6.07, 6.45) is -0.803. The zero-order valence-electron chi connectivity index (χ0n) is 11.6. The summed E-state index contributed by atoms with van der Waals surface area (Å²) in [4.78, 5) is 12.2. The smallest absolute Gasteiger partial charge is 0.265 e. The maximum Gasteiger partial charge on any atom is 0.265 e. The van der Waals surface area contributed by atoms with E-state index in [4.69, 9.17) is 33.2 Å². The van der Waals surface area contributed by atoms with Gasteiger partial charge in [-0.25, -0.2) is 0 Å². The minimum Gasteiger partial charge on any atom is -0.479 e. The highest BCUT2D eigenvalue weighted by molar-refractivity contribution is 6.42. The average Bonchev–Trinajstić information content (AvgIpc) is 2.52. The summed E-state index contributed by atoms with van der Waals surface area (Å²) in [5, 5.41) is 12.3. The molecule has 22 heavy (non-hydrogen) atoms. The van der Waals surface area contributed by atoms with E-state index in [1.54, 1.807) is 49.4 Å². The van der Waals surface area contributed by atoms with Crippen molar-refractivity contribution in [2.75, 3.05) is 5.32 Å². The van der Waals surface area contributed by atoms with Crippen molar-refractivity contribution in [3.8, 4) is 11.8 Å². The zero-order valence-corrected chi connectivity index (χ0v) is 13.2. The lowest BCUT2D eigenvalue weighted by atomic mass is 10.2. The number of para-hydroxylation sites is 1. The van der Waals surface area contributed by atoms with Crippen LogP contribution in [0.5, 0.6) is 5.75 Å². The highest BCUT2D eigenvalue weighted by Gasteiger charge is 2.18. The van der Waals surface area contributed by atoms with Crippen LogP contribution in [0.15, 0.2) is 42.5 Å². The quantitative estimate of drug-likeness (QED) is 0.907. The fourth-order valence-corrected chi connectivity index (χ4v) is 2.08. The Hall–Kier alpha value is -2.22. The standard InChI is InChI=1S/C16H12Cl2N2O2/c1-10(22-14-8-4-6-12(17)15(14)18)16(21)20-13-7-3-2-5-11(13)9-19/h2-8,10H,1H3,(H,20,21)/t10-/m1/s1. The molecule has 0 saturated heterocycles. The van der Waals surface area contributed by atoms with E-state index in [0.717, 1.165) is 0 Å². The van der Waals surface area contributed by atoms with Crippen LogP contribution in [-0.2, 0) is 4.79 Å². The maximum absolute atomic E-state index is 12.2. The van der Waals surface area contributed by atoms with Crippen molar-refractivity contribution >= 4 is 34.8 Å². The summed E-state index contributed by atoms with van der Waals surface area (Å²) in [6.45, 7) is 1.58. The Balaban J connectivity index is 2.10. The molecule has 0 spiro atoms. The number of rotatable bonds is 4. The Bertz CT molecular complexity index is 741. The molecule has 0 bridgehead atoms. The van der Waals surface area contributed by atoms with Crippen molar-refractivity contribution in [1.29, 1.82) is 5.26 Å². The number of nitriles is 1. The largest absolute Gasteiger partial charge is 0.479 e. The summed E-state index contributed by atoms with van der Waals surface area (Å²) >= 11 is 11.9. The van der Waals surface area contributed by atoms with Crippen molar-refractivity contribution in [1.82, 2.24) is 0 Å². The van der Waals surface area contributed by atoms with Crippen LogP contribution < -0.4 is 10.1 Å². The molecule has 0 aliphatic rings. The number of carbonyl (C=O) groups excluding carboxylic acids is 1. The lowest BCUT2D eigenvalue weighted by molar-refractivity contribution is -0.122. The summed E-state index contributed by atoms with van der Waals surface area (Å²) in [7, 11) is 0. The van der Waals surface area contributed by atoms with Gasteiger partial charge in [0.25, 0.3) is 5.91 Å². The molecule has 0 saturated carbocycles. The van der Waals surface area contributed by atoms with Crippen molar-refractivity contribution in [3.05, 3.63) is 58.1 Å². The molecule has 2 rings (SSSR count). The monoisotopic (exact) mass is 334 g/mol. The Labute approximate surface area is 138 Å². The number of hydrogen-bond donors (Lipinski definition) is 1. The molecule has 0 aliphatic heterocycles. The first-order valence-electron chi connectivity index (χ1n) is 6.43. The molecule has 1 atom stereocenters. The van der Waals surface area contributed by atoms with E-state index in [1.165, 1.54) is 0 Å². The fraction of sp³-hybridized carbons (Fsp3) is 0.125. The highest BCUT2D eigenvalue weighted by atomic mass is 35.5. The predicted molar refractivity (Wildman–Crippen MR) is 86.3 cm³/mol. The van der Waals surface area contributed by atoms with Gasteiger partial charge in [-0.1, -0.05) is 41.4 Å². The van der Waals surface area contributed by atoms with Gasteiger partial charge in [-0.3, -0.25) is 4.79 Å². The first-order valence-corrected chi connectivity index (χ1v) is 7.19. The second-order valence-corrected chi connectivity index (χ2v) is 5.24. The predicted octanol–water partition coefficient (Wildman–Crippen LogP) is 4.27. The molecular formula is C16H12Cl2N2O2. The lowest BCUT2D eigenvalue weighted by Gasteiger charge is -2.16. The minimum atomic E-state index is -0.803. The van der Waals surface area contributed by atoms with Crippen molar-refractivity contribution in [2.24, 2.45) is 0 Å². The normalized spacial score (nSPS) is 11.4. The van der Waals surface area contributed by atoms with Crippen LogP contribution in [0.4, 0.5) is 5.69 Å². The molecule has 0 aromatic heterocycles. The van der Waals surface area contributed by atoms with Crippen molar-refractivity contribution in [2.45, 2.75) is 13.0 Å². The first kappa shape index (κ1) is 16.2. The molecule has 2 aromatic carbocycles. The third-order valence-corrected chi connectivity index (χ3v) is 3.70. The fourth-order valence-electron chi connectivity index (χ4n) is 1.74. The van der Waals surface area contributed by atoms with Crippen LogP contribution in [0.25, 0.3) is 0 Å². The Morgan fingerprint density at radius 2 is 1.95 bits per heavy atom. The van der Waals surface area contributed by atoms with E-state index in [0.29, 0.717) is 22.0 Å². The van der Waals surface area contributed by atoms with E-state index < -0.39 is 12.0 Å². The Kier molecular flexibility index (Phi) is 5.26. The molecule has 0 fully saturated rings. The van der Waals surface area contributed by atoms with E-state index in [1.807, 2.05) is 6.07 Å². The third kappa shape index (κ3) is 3.70. The van der Waals surface area contributed by atoms with Gasteiger partial charge >= 0.3 is 0 Å². The number of ether oxygens (including phenoxy) is 1. The van der Waals surface area contributed by atoms with Gasteiger partial charge in [0.2, 0.25) is 0 Å². The van der Waals surface area contributed by atoms with Gasteiger partial charge in [-0.05, 0) is 31.2 Å². The number of halogens is 2. The SMILES string of the molecule is C[C@@H](Oc1cccc(Cl)c1Cl)C(=O)Nc1ccccc1C#N. The van der Waals surface area contributed by atoms with Gasteiger partial charge in [0, 0.05) is 0 Å². The van der Waals surface area contributed by atoms with Crippen molar-refractivity contribution in [3.63, 3.8) is 0 Å². The number of nitrogens with zero attached hydrogens (tertiary/aromatic N) is 1. The summed E-state index contributed by atoms with van der Waals surface area (Å²) in [6, 6.07) is 13.7. The van der Waals surface area contributed by atoms with Crippen LogP contribution >= 0.6 is 23.2 Å². The van der Waals surface area contributed by atoms with E-state index in [2.05, 4.69) is 5.32 Å². The minimum absolute atomic E-state index is 0.251. The van der Waals surface area contributed by atoms with E-state index in [-0.39, 0.29) is 5.02 Å². The first-order chi connectivity index (χ1) is 10.5. The van der Waals surface area contributed by atoms with Gasteiger partial charge in [-0.15, -0.1) is 0 Å². The van der Waals surface area contributed by atoms with Crippen LogP contribution in [0, 0.1) is 11.3 Å². The maximum atomic E-state index is 12.2. The molecule has 1 amide bonds. The number of nitrogens with one attached hydrogen (secondary N) is 1. The summed E-state index contributed by atoms with van der Waals surface area (Å²) in [5.41, 5.74) is 0.812. The molecule has 112 valence electrons. The molecule has 0 aliphatic carbocycles. The molecule has 0 radical (unpaired) electrons. The molecule has 6 heteroatoms. The second kappa shape index (κ2) is 7.17. The van der Waals surface area contributed by atoms with Gasteiger partial charge in [0.1, 0.15) is 16.8 Å². The van der Waals surface area contributed by atoms with Gasteiger partial charge in [-0.2, -0.15) is 5.26 Å². The second-order valence-electron chi connectivity index (χ2n) is 4.46. The average molecular weight is 335 g/mol. The molecule has 4 nitrogen and oxygen atoms in total. The zero-order chi connectivity index (χ0) is 16.1. The topological polar surface area (TPSA) is 62.1 Å². The van der Waals surface area contributed by atoms with Gasteiger partial charge in [0.15, 0.2) is 6.10 Å². The molecule has 0 unspecified atom stereocenters. The lowest BCUT2D eigenvalue weighted by Crippen LogP contribution is -2.30. The number of benzene rings is 2. The number of anilines is 1. The molecule has 0 heterocycles. The Morgan fingerprint density at radius 1 is 1.23 bits per heavy atom. The van der Waals surface area contributed by atoms with Crippen LogP contribution in [-0.4, -0.2) is 12.0 Å². The molecular weight excluding hydrogens is 323 g/mol. The molecule has 2 aromatic rings. The van der Waals surface area contributed by atoms with E-state index in [9.17, 15) is 4.79 Å². The summed E-state index contributed by atoms with van der Waals surface area (Å²) in [5.74, 6) is -0.0656. The highest BCUT2D eigenvalue weighted by Crippen LogP contribution is 2.32. The number of amides is 1. The van der Waals surface area contributed by atoms with Crippen molar-refractivity contribution < 1.29 is 9.53 Å². The Morgan fingerprint density at radius 3 is 2.68 bits per heavy atom. The number of carbonyl (C=O) groups is 1.